The first kappa shape index (κ1) is 16.4. The standard InChI is InChI=1S/C7H15NO.Cl2O2S/c1-3-4-5-6-8-7(2)9;1-5(2,3)4/h3-6H2,1-2H3,(H,8,9);. The Morgan fingerprint density at radius 1 is 1.29 bits per heavy atom. The van der Waals surface area contributed by atoms with E-state index >= 15 is 0 Å². The number of hydrogen-bond donors (Lipinski definition) is 1. The number of amides is 1. The maximum atomic E-state index is 10.3. The lowest BCUT2D eigenvalue weighted by atomic mass is 10.2. The molecule has 0 atom stereocenters. The molecule has 14 heavy (non-hydrogen) atoms. The van der Waals surface area contributed by atoms with Crippen LogP contribution in [0.2, 0.25) is 0 Å². The van der Waals surface area contributed by atoms with Crippen LogP contribution in [0.1, 0.15) is 33.1 Å². The van der Waals surface area contributed by atoms with Gasteiger partial charge in [-0.3, -0.25) is 4.79 Å². The van der Waals surface area contributed by atoms with E-state index < -0.39 is 8.26 Å². The van der Waals surface area contributed by atoms with Crippen molar-refractivity contribution in [2.24, 2.45) is 0 Å². The number of unbranched alkanes of at least 4 members (excludes halogenated alkanes) is 2. The summed E-state index contributed by atoms with van der Waals surface area (Å²) >= 11 is 0. The quantitative estimate of drug-likeness (QED) is 0.624. The third kappa shape index (κ3) is 40.3. The van der Waals surface area contributed by atoms with E-state index in [1.54, 1.807) is 6.92 Å². The van der Waals surface area contributed by atoms with E-state index in [4.69, 9.17) is 8.42 Å². The van der Waals surface area contributed by atoms with Gasteiger partial charge < -0.3 is 5.32 Å². The molecule has 0 saturated heterocycles. The van der Waals surface area contributed by atoms with Crippen LogP contribution >= 0.6 is 21.4 Å². The summed E-state index contributed by atoms with van der Waals surface area (Å²) in [5.74, 6) is 0.0751. The molecule has 1 N–H and O–H groups in total. The summed E-state index contributed by atoms with van der Waals surface area (Å²) in [6, 6.07) is 0. The van der Waals surface area contributed by atoms with Gasteiger partial charge in [-0.15, -0.1) is 0 Å². The molecular weight excluding hydrogens is 249 g/mol. The van der Waals surface area contributed by atoms with Crippen LogP contribution in [-0.2, 0) is 13.1 Å². The molecule has 0 rings (SSSR count). The monoisotopic (exact) mass is 263 g/mol. The molecule has 0 aromatic rings. The Labute approximate surface area is 93.9 Å². The third-order valence-corrected chi connectivity index (χ3v) is 1.15. The molecule has 0 spiro atoms. The Morgan fingerprint density at radius 3 is 2.00 bits per heavy atom. The van der Waals surface area contributed by atoms with Crippen LogP contribution in [0.25, 0.3) is 0 Å². The van der Waals surface area contributed by atoms with Crippen molar-refractivity contribution in [3.63, 3.8) is 0 Å². The highest BCUT2D eigenvalue weighted by molar-refractivity contribution is 8.31. The Morgan fingerprint density at radius 2 is 1.71 bits per heavy atom. The van der Waals surface area contributed by atoms with Gasteiger partial charge in [0.2, 0.25) is 5.91 Å². The lowest BCUT2D eigenvalue weighted by molar-refractivity contribution is -0.118. The maximum absolute atomic E-state index is 10.3. The normalized spacial score (nSPS) is 10.0. The minimum atomic E-state index is -3.72. The zero-order chi connectivity index (χ0) is 11.6. The summed E-state index contributed by atoms with van der Waals surface area (Å²) < 4.78 is 18.3. The van der Waals surface area contributed by atoms with Gasteiger partial charge in [0.1, 0.15) is 0 Å². The van der Waals surface area contributed by atoms with Gasteiger partial charge in [0.25, 0.3) is 0 Å². The second kappa shape index (κ2) is 9.55. The van der Waals surface area contributed by atoms with Crippen LogP contribution in [-0.4, -0.2) is 20.9 Å². The lowest BCUT2D eigenvalue weighted by Crippen LogP contribution is -2.20. The molecule has 0 fully saturated rings. The SMILES string of the molecule is CCCCCNC(C)=O.O=S(=O)(Cl)Cl. The summed E-state index contributed by atoms with van der Waals surface area (Å²) in [6.07, 6.45) is 3.52. The number of carbonyl (C=O) groups is 1. The van der Waals surface area contributed by atoms with Crippen molar-refractivity contribution in [2.75, 3.05) is 6.54 Å². The van der Waals surface area contributed by atoms with Crippen molar-refractivity contribution < 1.29 is 13.2 Å². The fourth-order valence-electron chi connectivity index (χ4n) is 0.639. The van der Waals surface area contributed by atoms with Crippen molar-refractivity contribution in [2.45, 2.75) is 33.1 Å². The highest BCUT2D eigenvalue weighted by Crippen LogP contribution is 1.98. The van der Waals surface area contributed by atoms with Gasteiger partial charge in [0, 0.05) is 34.8 Å². The second-order valence-electron chi connectivity index (χ2n) is 2.57. The van der Waals surface area contributed by atoms with Gasteiger partial charge in [-0.25, -0.2) is 0 Å². The fourth-order valence-corrected chi connectivity index (χ4v) is 0.639. The highest BCUT2D eigenvalue weighted by atomic mass is 36.0. The molecule has 4 nitrogen and oxygen atoms in total. The fraction of sp³-hybridized carbons (Fsp3) is 0.857. The Bertz CT molecular complexity index is 233. The molecule has 0 radical (unpaired) electrons. The van der Waals surface area contributed by atoms with Gasteiger partial charge >= 0.3 is 8.26 Å². The van der Waals surface area contributed by atoms with Crippen molar-refractivity contribution in [1.29, 1.82) is 0 Å². The van der Waals surface area contributed by atoms with Crippen molar-refractivity contribution >= 4 is 35.5 Å². The molecule has 0 heterocycles. The summed E-state index contributed by atoms with van der Waals surface area (Å²) in [7, 11) is 4.81. The minimum Gasteiger partial charge on any atom is -0.356 e. The minimum absolute atomic E-state index is 0.0751. The highest BCUT2D eigenvalue weighted by Gasteiger charge is 1.89. The maximum Gasteiger partial charge on any atom is 0.317 e. The Hall–Kier alpha value is -0.000000000000000111. The molecule has 1 amide bonds. The number of halogens is 2. The van der Waals surface area contributed by atoms with E-state index in [2.05, 4.69) is 33.6 Å². The molecule has 0 aromatic carbocycles. The van der Waals surface area contributed by atoms with E-state index in [1.165, 1.54) is 12.8 Å². The van der Waals surface area contributed by atoms with E-state index in [9.17, 15) is 4.79 Å². The molecule has 0 aliphatic carbocycles. The molecule has 7 heteroatoms. The molecule has 0 bridgehead atoms. The van der Waals surface area contributed by atoms with Crippen molar-refractivity contribution in [3.8, 4) is 0 Å². The largest absolute Gasteiger partial charge is 0.356 e. The molecule has 0 aliphatic rings. The zero-order valence-electron chi connectivity index (χ0n) is 8.22. The van der Waals surface area contributed by atoms with Gasteiger partial charge in [-0.05, 0) is 6.42 Å². The number of rotatable bonds is 4. The van der Waals surface area contributed by atoms with Gasteiger partial charge in [-0.1, -0.05) is 19.8 Å². The first-order valence-corrected chi connectivity index (χ1v) is 7.29. The lowest BCUT2D eigenvalue weighted by Gasteiger charge is -1.98. The van der Waals surface area contributed by atoms with Gasteiger partial charge in [0.15, 0.2) is 0 Å². The molecule has 86 valence electrons. The molecular formula is C7H15Cl2NO3S. The average Bonchev–Trinajstić information content (AvgIpc) is 1.94. The number of carbonyl (C=O) groups excluding carboxylic acids is 1. The van der Waals surface area contributed by atoms with Crippen LogP contribution in [0.5, 0.6) is 0 Å². The predicted octanol–water partition coefficient (Wildman–Crippen LogP) is 2.02. The second-order valence-corrected chi connectivity index (χ2v) is 6.24. The molecule has 0 saturated carbocycles. The van der Waals surface area contributed by atoms with Gasteiger partial charge in [0.05, 0.1) is 0 Å². The van der Waals surface area contributed by atoms with Crippen LogP contribution < -0.4 is 5.32 Å². The van der Waals surface area contributed by atoms with E-state index in [-0.39, 0.29) is 5.91 Å². The summed E-state index contributed by atoms with van der Waals surface area (Å²) in [5, 5.41) is 2.74. The van der Waals surface area contributed by atoms with Crippen molar-refractivity contribution in [1.82, 2.24) is 5.32 Å². The summed E-state index contributed by atoms with van der Waals surface area (Å²) in [5.41, 5.74) is 0. The molecule has 0 unspecified atom stereocenters. The molecule has 0 aromatic heterocycles. The summed E-state index contributed by atoms with van der Waals surface area (Å²) in [4.78, 5) is 10.3. The Kier molecular flexibility index (Phi) is 11.2. The predicted molar refractivity (Wildman–Crippen MR) is 58.8 cm³/mol. The Balaban J connectivity index is 0. The van der Waals surface area contributed by atoms with Crippen LogP contribution in [0, 0.1) is 0 Å². The first-order valence-electron chi connectivity index (χ1n) is 4.16. The van der Waals surface area contributed by atoms with Crippen LogP contribution in [0.4, 0.5) is 0 Å². The van der Waals surface area contributed by atoms with Crippen LogP contribution in [0.3, 0.4) is 0 Å². The topological polar surface area (TPSA) is 63.2 Å². The zero-order valence-corrected chi connectivity index (χ0v) is 10.5. The smallest absolute Gasteiger partial charge is 0.317 e. The first-order chi connectivity index (χ1) is 6.27. The van der Waals surface area contributed by atoms with Gasteiger partial charge in [-0.2, -0.15) is 8.42 Å². The van der Waals surface area contributed by atoms with E-state index in [1.807, 2.05) is 0 Å². The summed E-state index contributed by atoms with van der Waals surface area (Å²) in [6.45, 7) is 4.53. The molecule has 0 aliphatic heterocycles. The number of hydrogen-bond acceptors (Lipinski definition) is 3. The van der Waals surface area contributed by atoms with E-state index in [0.29, 0.717) is 0 Å². The van der Waals surface area contributed by atoms with Crippen LogP contribution in [0.15, 0.2) is 0 Å². The average molecular weight is 264 g/mol. The number of nitrogens with one attached hydrogen (secondary N) is 1. The third-order valence-electron chi connectivity index (χ3n) is 1.15. The van der Waals surface area contributed by atoms with Crippen molar-refractivity contribution in [3.05, 3.63) is 0 Å². The van der Waals surface area contributed by atoms with E-state index in [0.717, 1.165) is 13.0 Å².